The fraction of sp³-hybridized carbons (Fsp3) is 0.909. The van der Waals surface area contributed by atoms with Crippen LogP contribution in [0.1, 0.15) is 19.3 Å². The fourth-order valence-corrected chi connectivity index (χ4v) is 4.34. The zero-order chi connectivity index (χ0) is 13.8. The summed E-state index contributed by atoms with van der Waals surface area (Å²) in [4.78, 5) is 13.5. The standard InChI is InChI=1S/C11H20ClNO4S/c1-13(7-9(12)8-17-2)11(14)10-5-3-4-6-18(10,15)16/h9-10H,3-8H2,1-2H3. The van der Waals surface area contributed by atoms with E-state index in [9.17, 15) is 13.2 Å². The van der Waals surface area contributed by atoms with Crippen molar-refractivity contribution < 1.29 is 17.9 Å². The number of hydrogen-bond donors (Lipinski definition) is 0. The SMILES string of the molecule is COCC(Cl)CN(C)C(=O)C1CCCCS1(=O)=O. The average Bonchev–Trinajstić information content (AvgIpc) is 2.27. The summed E-state index contributed by atoms with van der Waals surface area (Å²) in [6.45, 7) is 0.622. The van der Waals surface area contributed by atoms with Gasteiger partial charge in [-0.15, -0.1) is 11.6 Å². The number of nitrogens with zero attached hydrogens (tertiary/aromatic N) is 1. The smallest absolute Gasteiger partial charge is 0.240 e. The lowest BCUT2D eigenvalue weighted by molar-refractivity contribution is -0.129. The minimum absolute atomic E-state index is 0.111. The molecule has 1 amide bonds. The summed E-state index contributed by atoms with van der Waals surface area (Å²) in [6.07, 6.45) is 1.85. The molecule has 0 aromatic rings. The van der Waals surface area contributed by atoms with Crippen molar-refractivity contribution in [3.8, 4) is 0 Å². The first kappa shape index (κ1) is 15.7. The van der Waals surface area contributed by atoms with E-state index in [0.717, 1.165) is 6.42 Å². The molecule has 0 saturated carbocycles. The summed E-state index contributed by atoms with van der Waals surface area (Å²) in [7, 11) is -0.170. The van der Waals surface area contributed by atoms with Crippen LogP contribution in [0.25, 0.3) is 0 Å². The molecule has 1 fully saturated rings. The molecule has 106 valence electrons. The Hall–Kier alpha value is -0.330. The van der Waals surface area contributed by atoms with Crippen molar-refractivity contribution in [3.05, 3.63) is 0 Å². The van der Waals surface area contributed by atoms with Gasteiger partial charge in [0.15, 0.2) is 9.84 Å². The molecule has 0 aromatic heterocycles. The van der Waals surface area contributed by atoms with Crippen molar-refractivity contribution in [1.82, 2.24) is 4.90 Å². The molecule has 7 heteroatoms. The van der Waals surface area contributed by atoms with Crippen molar-refractivity contribution >= 4 is 27.3 Å². The number of alkyl halides is 1. The first-order valence-corrected chi connectivity index (χ1v) is 8.13. The first-order valence-electron chi connectivity index (χ1n) is 5.98. The Bertz CT molecular complexity index is 385. The van der Waals surface area contributed by atoms with Gasteiger partial charge in [-0.2, -0.15) is 0 Å². The highest BCUT2D eigenvalue weighted by atomic mass is 35.5. The number of rotatable bonds is 5. The second-order valence-corrected chi connectivity index (χ2v) is 7.54. The summed E-state index contributed by atoms with van der Waals surface area (Å²) >= 11 is 5.96. The van der Waals surface area contributed by atoms with E-state index in [1.807, 2.05) is 0 Å². The van der Waals surface area contributed by atoms with Gasteiger partial charge < -0.3 is 9.64 Å². The highest BCUT2D eigenvalue weighted by Gasteiger charge is 2.36. The van der Waals surface area contributed by atoms with Gasteiger partial charge in [0.25, 0.3) is 0 Å². The summed E-state index contributed by atoms with van der Waals surface area (Å²) in [5.74, 6) is -0.240. The number of sulfone groups is 1. The predicted octanol–water partition coefficient (Wildman–Crippen LogP) is 0.666. The Labute approximate surface area is 113 Å². The molecule has 2 unspecified atom stereocenters. The molecule has 18 heavy (non-hydrogen) atoms. The maximum absolute atomic E-state index is 12.1. The third-order valence-electron chi connectivity index (χ3n) is 3.05. The Morgan fingerprint density at radius 2 is 2.17 bits per heavy atom. The average molecular weight is 298 g/mol. The van der Waals surface area contributed by atoms with E-state index in [4.69, 9.17) is 16.3 Å². The van der Waals surface area contributed by atoms with Crippen LogP contribution in [-0.2, 0) is 19.4 Å². The molecule has 0 aliphatic carbocycles. The Morgan fingerprint density at radius 1 is 1.50 bits per heavy atom. The van der Waals surface area contributed by atoms with Crippen LogP contribution in [0.3, 0.4) is 0 Å². The zero-order valence-electron chi connectivity index (χ0n) is 10.8. The van der Waals surface area contributed by atoms with Gasteiger partial charge in [-0.3, -0.25) is 4.79 Å². The van der Waals surface area contributed by atoms with Crippen molar-refractivity contribution in [2.45, 2.75) is 29.9 Å². The van der Waals surface area contributed by atoms with E-state index < -0.39 is 15.1 Å². The quantitative estimate of drug-likeness (QED) is 0.700. The Kier molecular flexibility index (Phi) is 5.88. The van der Waals surface area contributed by atoms with Crippen molar-refractivity contribution in [3.63, 3.8) is 0 Å². The molecule has 5 nitrogen and oxygen atoms in total. The van der Waals surface area contributed by atoms with Gasteiger partial charge in [0.1, 0.15) is 5.25 Å². The molecular formula is C11H20ClNO4S. The number of methoxy groups -OCH3 is 1. The van der Waals surface area contributed by atoms with E-state index in [2.05, 4.69) is 0 Å². The summed E-state index contributed by atoms with van der Waals surface area (Å²) in [5, 5.41) is -1.21. The molecule has 1 saturated heterocycles. The topological polar surface area (TPSA) is 63.7 Å². The first-order chi connectivity index (χ1) is 8.38. The lowest BCUT2D eigenvalue weighted by Crippen LogP contribution is -2.45. The molecule has 0 aromatic carbocycles. The van der Waals surface area contributed by atoms with Gasteiger partial charge in [-0.05, 0) is 12.8 Å². The van der Waals surface area contributed by atoms with Crippen LogP contribution in [0.5, 0.6) is 0 Å². The van der Waals surface area contributed by atoms with E-state index in [0.29, 0.717) is 26.0 Å². The molecule has 1 aliphatic heterocycles. The monoisotopic (exact) mass is 297 g/mol. The number of carbonyl (C=O) groups is 1. The number of amides is 1. The van der Waals surface area contributed by atoms with Crippen molar-refractivity contribution in [1.29, 1.82) is 0 Å². The van der Waals surface area contributed by atoms with Gasteiger partial charge in [0.2, 0.25) is 5.91 Å². The van der Waals surface area contributed by atoms with Crippen molar-refractivity contribution in [2.24, 2.45) is 0 Å². The third kappa shape index (κ3) is 4.10. The maximum Gasteiger partial charge on any atom is 0.240 e. The van der Waals surface area contributed by atoms with Crippen LogP contribution in [0.4, 0.5) is 0 Å². The molecule has 1 rings (SSSR count). The minimum atomic E-state index is -3.28. The van der Waals surface area contributed by atoms with E-state index >= 15 is 0 Å². The molecular weight excluding hydrogens is 278 g/mol. The number of carbonyl (C=O) groups excluding carboxylic acids is 1. The van der Waals surface area contributed by atoms with Crippen LogP contribution in [0.2, 0.25) is 0 Å². The third-order valence-corrected chi connectivity index (χ3v) is 5.48. The zero-order valence-corrected chi connectivity index (χ0v) is 12.3. The molecule has 1 heterocycles. The summed E-state index contributed by atoms with van der Waals surface area (Å²) in [5.41, 5.74) is 0. The molecule has 0 spiro atoms. The van der Waals surface area contributed by atoms with Crippen molar-refractivity contribution in [2.75, 3.05) is 33.1 Å². The largest absolute Gasteiger partial charge is 0.383 e. The molecule has 1 aliphatic rings. The van der Waals surface area contributed by atoms with Gasteiger partial charge in [0.05, 0.1) is 17.7 Å². The normalized spacial score (nSPS) is 24.5. The molecule has 2 atom stereocenters. The Balaban J connectivity index is 2.62. The lowest BCUT2D eigenvalue weighted by atomic mass is 10.1. The minimum Gasteiger partial charge on any atom is -0.383 e. The van der Waals surface area contributed by atoms with Gasteiger partial charge in [0, 0.05) is 20.7 Å². The van der Waals surface area contributed by atoms with E-state index in [1.165, 1.54) is 12.0 Å². The summed E-state index contributed by atoms with van der Waals surface area (Å²) < 4.78 is 28.6. The second kappa shape index (κ2) is 6.73. The fourth-order valence-electron chi connectivity index (χ4n) is 2.10. The van der Waals surface area contributed by atoms with Gasteiger partial charge >= 0.3 is 0 Å². The second-order valence-electron chi connectivity index (χ2n) is 4.62. The number of halogens is 1. The molecule has 0 bridgehead atoms. The molecule has 0 N–H and O–H groups in total. The molecule has 0 radical (unpaired) electrons. The number of hydrogen-bond acceptors (Lipinski definition) is 4. The van der Waals surface area contributed by atoms with Gasteiger partial charge in [-0.1, -0.05) is 6.42 Å². The van der Waals surface area contributed by atoms with Gasteiger partial charge in [-0.25, -0.2) is 8.42 Å². The van der Waals surface area contributed by atoms with Crippen LogP contribution in [0, 0.1) is 0 Å². The van der Waals surface area contributed by atoms with Crippen LogP contribution >= 0.6 is 11.6 Å². The van der Waals surface area contributed by atoms with E-state index in [-0.39, 0.29) is 17.0 Å². The predicted molar refractivity (Wildman–Crippen MR) is 70.6 cm³/mol. The maximum atomic E-state index is 12.1. The van der Waals surface area contributed by atoms with Crippen LogP contribution in [0.15, 0.2) is 0 Å². The van der Waals surface area contributed by atoms with Crippen LogP contribution in [-0.4, -0.2) is 62.9 Å². The van der Waals surface area contributed by atoms with E-state index in [1.54, 1.807) is 7.05 Å². The summed E-state index contributed by atoms with van der Waals surface area (Å²) in [6, 6.07) is 0. The van der Waals surface area contributed by atoms with Crippen LogP contribution < -0.4 is 0 Å². The number of ether oxygens (including phenoxy) is 1. The Morgan fingerprint density at radius 3 is 2.72 bits per heavy atom. The highest BCUT2D eigenvalue weighted by molar-refractivity contribution is 7.92. The lowest BCUT2D eigenvalue weighted by Gasteiger charge is -2.27. The highest BCUT2D eigenvalue weighted by Crippen LogP contribution is 2.21.